The number of sulfonamides is 1. The number of benzene rings is 2. The Hall–Kier alpha value is -2.58. The SMILES string of the molecule is CCNC(=NCc1ccc(C)cc1Oc1ccccc1)NCCS(N)(=O)=O. The molecule has 2 rings (SSSR count). The first-order valence-corrected chi connectivity index (χ1v) is 10.4. The fourth-order valence-corrected chi connectivity index (χ4v) is 2.71. The van der Waals surface area contributed by atoms with E-state index < -0.39 is 10.0 Å². The molecule has 0 fully saturated rings. The number of para-hydroxylation sites is 1. The number of primary sulfonamides is 1. The third-order valence-electron chi connectivity index (χ3n) is 3.62. The molecule has 2 aromatic rings. The van der Waals surface area contributed by atoms with Crippen LogP contribution in [0, 0.1) is 6.92 Å². The second-order valence-electron chi connectivity index (χ2n) is 6.02. The molecule has 2 aromatic carbocycles. The summed E-state index contributed by atoms with van der Waals surface area (Å²) < 4.78 is 28.1. The van der Waals surface area contributed by atoms with Crippen molar-refractivity contribution in [1.82, 2.24) is 10.6 Å². The van der Waals surface area contributed by atoms with Crippen LogP contribution >= 0.6 is 0 Å². The maximum Gasteiger partial charge on any atom is 0.210 e. The highest BCUT2D eigenvalue weighted by Crippen LogP contribution is 2.27. The highest BCUT2D eigenvalue weighted by atomic mass is 32.2. The van der Waals surface area contributed by atoms with Gasteiger partial charge in [0.25, 0.3) is 0 Å². The van der Waals surface area contributed by atoms with Crippen molar-refractivity contribution in [1.29, 1.82) is 0 Å². The van der Waals surface area contributed by atoms with Crippen LogP contribution in [0.3, 0.4) is 0 Å². The van der Waals surface area contributed by atoms with Gasteiger partial charge in [0.05, 0.1) is 12.3 Å². The van der Waals surface area contributed by atoms with E-state index in [1.807, 2.05) is 62.4 Å². The Bertz CT molecular complexity index is 868. The topological polar surface area (TPSA) is 106 Å². The number of rotatable bonds is 8. The molecule has 0 unspecified atom stereocenters. The van der Waals surface area contributed by atoms with E-state index in [9.17, 15) is 8.42 Å². The Morgan fingerprint density at radius 3 is 2.56 bits per heavy atom. The molecule has 7 nitrogen and oxygen atoms in total. The summed E-state index contributed by atoms with van der Waals surface area (Å²) in [4.78, 5) is 4.51. The maximum absolute atomic E-state index is 11.1. The Kier molecular flexibility index (Phi) is 7.63. The van der Waals surface area contributed by atoms with Crippen molar-refractivity contribution in [3.8, 4) is 11.5 Å². The van der Waals surface area contributed by atoms with E-state index >= 15 is 0 Å². The van der Waals surface area contributed by atoms with Crippen molar-refractivity contribution in [3.63, 3.8) is 0 Å². The number of hydrogen-bond donors (Lipinski definition) is 3. The summed E-state index contributed by atoms with van der Waals surface area (Å²) in [7, 11) is -3.51. The van der Waals surface area contributed by atoms with Gasteiger partial charge in [0.2, 0.25) is 10.0 Å². The molecule has 0 radical (unpaired) electrons. The summed E-state index contributed by atoms with van der Waals surface area (Å²) in [6.07, 6.45) is 0. The van der Waals surface area contributed by atoms with Gasteiger partial charge in [0.1, 0.15) is 11.5 Å². The lowest BCUT2D eigenvalue weighted by atomic mass is 10.1. The second-order valence-corrected chi connectivity index (χ2v) is 7.75. The zero-order valence-electron chi connectivity index (χ0n) is 15.6. The smallest absolute Gasteiger partial charge is 0.210 e. The number of aryl methyl sites for hydroxylation is 1. The molecular formula is C19H26N4O3S. The highest BCUT2D eigenvalue weighted by molar-refractivity contribution is 7.89. The molecule has 0 heterocycles. The van der Waals surface area contributed by atoms with E-state index in [-0.39, 0.29) is 12.3 Å². The molecule has 8 heteroatoms. The van der Waals surface area contributed by atoms with Gasteiger partial charge in [-0.2, -0.15) is 0 Å². The van der Waals surface area contributed by atoms with Crippen molar-refractivity contribution in [2.45, 2.75) is 20.4 Å². The average molecular weight is 391 g/mol. The first kappa shape index (κ1) is 20.7. The van der Waals surface area contributed by atoms with Crippen LogP contribution in [-0.4, -0.2) is 33.2 Å². The second kappa shape index (κ2) is 9.94. The molecule has 0 atom stereocenters. The fraction of sp³-hybridized carbons (Fsp3) is 0.316. The van der Waals surface area contributed by atoms with Crippen LogP contribution < -0.4 is 20.5 Å². The Labute approximate surface area is 160 Å². The van der Waals surface area contributed by atoms with Crippen molar-refractivity contribution in [3.05, 3.63) is 59.7 Å². The lowest BCUT2D eigenvalue weighted by Gasteiger charge is -2.13. The molecule has 0 saturated heterocycles. The monoisotopic (exact) mass is 390 g/mol. The number of ether oxygens (including phenoxy) is 1. The summed E-state index contributed by atoms with van der Waals surface area (Å²) in [5.74, 6) is 1.86. The molecule has 27 heavy (non-hydrogen) atoms. The van der Waals surface area contributed by atoms with E-state index in [2.05, 4.69) is 15.6 Å². The summed E-state index contributed by atoms with van der Waals surface area (Å²) in [5.41, 5.74) is 2.01. The van der Waals surface area contributed by atoms with Crippen LogP contribution in [0.4, 0.5) is 0 Å². The predicted molar refractivity (Wildman–Crippen MR) is 108 cm³/mol. The quantitative estimate of drug-likeness (QED) is 0.473. The average Bonchev–Trinajstić information content (AvgIpc) is 2.61. The van der Waals surface area contributed by atoms with E-state index in [0.29, 0.717) is 19.0 Å². The Morgan fingerprint density at radius 2 is 1.89 bits per heavy atom. The molecule has 0 aliphatic rings. The first-order valence-electron chi connectivity index (χ1n) is 8.72. The first-order chi connectivity index (χ1) is 12.9. The third-order valence-corrected chi connectivity index (χ3v) is 4.40. The standard InChI is InChI=1S/C19H26N4O3S/c1-3-21-19(22-11-12-27(20,24)25)23-14-16-10-9-15(2)13-18(16)26-17-7-5-4-6-8-17/h4-10,13H,3,11-12,14H2,1-2H3,(H2,20,24,25)(H2,21,22,23). The third kappa shape index (κ3) is 7.67. The van der Waals surface area contributed by atoms with Gasteiger partial charge in [-0.05, 0) is 37.6 Å². The molecule has 146 valence electrons. The minimum Gasteiger partial charge on any atom is -0.457 e. The number of nitrogens with one attached hydrogen (secondary N) is 2. The molecular weight excluding hydrogens is 364 g/mol. The van der Waals surface area contributed by atoms with E-state index in [1.165, 1.54) is 0 Å². The number of guanidine groups is 1. The van der Waals surface area contributed by atoms with Crippen molar-refractivity contribution in [2.24, 2.45) is 10.1 Å². The summed E-state index contributed by atoms with van der Waals surface area (Å²) in [6.45, 7) is 5.16. The fourth-order valence-electron chi connectivity index (χ4n) is 2.32. The predicted octanol–water partition coefficient (Wildman–Crippen LogP) is 2.13. The van der Waals surface area contributed by atoms with Gasteiger partial charge in [-0.3, -0.25) is 0 Å². The Morgan fingerprint density at radius 1 is 1.15 bits per heavy atom. The molecule has 0 aromatic heterocycles. The van der Waals surface area contributed by atoms with E-state index in [4.69, 9.17) is 9.88 Å². The summed E-state index contributed by atoms with van der Waals surface area (Å²) >= 11 is 0. The van der Waals surface area contributed by atoms with Crippen molar-refractivity contribution < 1.29 is 13.2 Å². The Balaban J connectivity index is 2.12. The molecule has 0 spiro atoms. The number of hydrogen-bond acceptors (Lipinski definition) is 4. The van der Waals surface area contributed by atoms with Crippen LogP contribution in [-0.2, 0) is 16.6 Å². The number of nitrogens with two attached hydrogens (primary N) is 1. The van der Waals surface area contributed by atoms with Crippen LogP contribution in [0.2, 0.25) is 0 Å². The summed E-state index contributed by atoms with van der Waals surface area (Å²) in [5, 5.41) is 11.1. The minimum atomic E-state index is -3.51. The normalized spacial score (nSPS) is 11.9. The van der Waals surface area contributed by atoms with Crippen molar-refractivity contribution >= 4 is 16.0 Å². The summed E-state index contributed by atoms with van der Waals surface area (Å²) in [6, 6.07) is 15.5. The highest BCUT2D eigenvalue weighted by Gasteiger charge is 2.07. The molecule has 0 bridgehead atoms. The largest absolute Gasteiger partial charge is 0.457 e. The number of aliphatic imine (C=N–C) groups is 1. The zero-order valence-corrected chi connectivity index (χ0v) is 16.4. The molecule has 0 saturated carbocycles. The maximum atomic E-state index is 11.1. The lowest BCUT2D eigenvalue weighted by molar-refractivity contribution is 0.476. The molecule has 0 aliphatic heterocycles. The van der Waals surface area contributed by atoms with Crippen LogP contribution in [0.1, 0.15) is 18.1 Å². The van der Waals surface area contributed by atoms with Crippen LogP contribution in [0.25, 0.3) is 0 Å². The number of nitrogens with zero attached hydrogens (tertiary/aromatic N) is 1. The van der Waals surface area contributed by atoms with Crippen LogP contribution in [0.5, 0.6) is 11.5 Å². The van der Waals surface area contributed by atoms with Crippen molar-refractivity contribution in [2.75, 3.05) is 18.8 Å². The van der Waals surface area contributed by atoms with Crippen LogP contribution in [0.15, 0.2) is 53.5 Å². The molecule has 0 aliphatic carbocycles. The van der Waals surface area contributed by atoms with Gasteiger partial charge >= 0.3 is 0 Å². The van der Waals surface area contributed by atoms with Gasteiger partial charge in [0.15, 0.2) is 5.96 Å². The van der Waals surface area contributed by atoms with Gasteiger partial charge in [-0.25, -0.2) is 18.5 Å². The molecule has 4 N–H and O–H groups in total. The van der Waals surface area contributed by atoms with Gasteiger partial charge in [-0.1, -0.05) is 30.3 Å². The minimum absolute atomic E-state index is 0.162. The van der Waals surface area contributed by atoms with Gasteiger partial charge in [0, 0.05) is 18.7 Å². The van der Waals surface area contributed by atoms with E-state index in [0.717, 1.165) is 22.6 Å². The van der Waals surface area contributed by atoms with Gasteiger partial charge < -0.3 is 15.4 Å². The zero-order chi connectivity index (χ0) is 19.7. The molecule has 0 amide bonds. The lowest BCUT2D eigenvalue weighted by Crippen LogP contribution is -2.40. The van der Waals surface area contributed by atoms with E-state index in [1.54, 1.807) is 0 Å². The van der Waals surface area contributed by atoms with Gasteiger partial charge in [-0.15, -0.1) is 0 Å².